The maximum Gasteiger partial charge on any atom is 0.161 e. The molecule has 8 heteroatoms. The van der Waals surface area contributed by atoms with Gasteiger partial charge in [-0.25, -0.2) is 8.93 Å². The Bertz CT molecular complexity index is 767. The van der Waals surface area contributed by atoms with Gasteiger partial charge in [-0.1, -0.05) is 49.0 Å². The topological polar surface area (TPSA) is 63.2 Å². The van der Waals surface area contributed by atoms with E-state index in [1.165, 1.54) is 0 Å². The van der Waals surface area contributed by atoms with Crippen molar-refractivity contribution in [2.24, 2.45) is 10.9 Å². The molecule has 0 spiro atoms. The average Bonchev–Trinajstić information content (AvgIpc) is 3.11. The molecule has 1 aromatic carbocycles. The van der Waals surface area contributed by atoms with Gasteiger partial charge >= 0.3 is 0 Å². The first kappa shape index (κ1) is 23.7. The van der Waals surface area contributed by atoms with E-state index in [4.69, 9.17) is 14.5 Å². The number of thioether (sulfide) groups is 1. The highest BCUT2D eigenvalue weighted by Gasteiger charge is 2.50. The highest BCUT2D eigenvalue weighted by molar-refractivity contribution is 8.14. The normalized spacial score (nSPS) is 31.0. The molecule has 6 nitrogen and oxygen atoms in total. The summed E-state index contributed by atoms with van der Waals surface area (Å²) in [6.45, 7) is 10.7. The maximum atomic E-state index is 12.7. The number of rotatable bonds is 6. The Hall–Kier alpha value is -0.930. The number of ether oxygens (including phenoxy) is 2. The first-order chi connectivity index (χ1) is 14.1. The Labute approximate surface area is 187 Å². The van der Waals surface area contributed by atoms with E-state index in [1.807, 2.05) is 64.9 Å². The third-order valence-corrected chi connectivity index (χ3v) is 8.44. The van der Waals surface area contributed by atoms with Crippen LogP contribution in [0, 0.1) is 5.92 Å². The summed E-state index contributed by atoms with van der Waals surface area (Å²) in [5.41, 5.74) is 1.04. The summed E-state index contributed by atoms with van der Waals surface area (Å²) in [6.07, 6.45) is -0.200. The fourth-order valence-electron chi connectivity index (χ4n) is 3.73. The predicted molar refractivity (Wildman–Crippen MR) is 126 cm³/mol. The highest BCUT2D eigenvalue weighted by Crippen LogP contribution is 2.41. The summed E-state index contributed by atoms with van der Waals surface area (Å²) in [7, 11) is 2.84. The standard InChI is InChI=1S/C22H35N3O3S2/c1-14-18(15(2)24-30(26)22(3,4)5)28-20-17(23-21(29-20)25(6)7)19(14)27-13-16-11-9-8-10-12-16/h8-12,14-15,17-20,24H,13H2,1-7H3/t14-,15?,17-,18+,19+,20-,30?/m1/s1. The minimum atomic E-state index is -1.16. The molecule has 0 amide bonds. The molecule has 2 aliphatic heterocycles. The molecule has 1 saturated heterocycles. The number of nitrogens with zero attached hydrogens (tertiary/aromatic N) is 2. The van der Waals surface area contributed by atoms with Gasteiger partial charge in [-0.2, -0.15) is 0 Å². The van der Waals surface area contributed by atoms with Gasteiger partial charge in [0.05, 0.1) is 34.5 Å². The summed E-state index contributed by atoms with van der Waals surface area (Å²) in [5.74, 6) is 0.0975. The van der Waals surface area contributed by atoms with Crippen LogP contribution in [0.25, 0.3) is 0 Å². The molecule has 2 unspecified atom stereocenters. The van der Waals surface area contributed by atoms with E-state index >= 15 is 0 Å². The number of nitrogens with one attached hydrogen (secondary N) is 1. The van der Waals surface area contributed by atoms with Crippen molar-refractivity contribution < 1.29 is 13.7 Å². The molecule has 0 aromatic heterocycles. The van der Waals surface area contributed by atoms with Crippen molar-refractivity contribution in [1.82, 2.24) is 9.62 Å². The molecule has 1 fully saturated rings. The third-order valence-electron chi connectivity index (χ3n) is 5.43. The van der Waals surface area contributed by atoms with Crippen LogP contribution in [-0.2, 0) is 27.1 Å². The zero-order valence-electron chi connectivity index (χ0n) is 19.0. The van der Waals surface area contributed by atoms with E-state index in [-0.39, 0.29) is 40.4 Å². The van der Waals surface area contributed by atoms with Gasteiger partial charge in [0.1, 0.15) is 11.5 Å². The van der Waals surface area contributed by atoms with Gasteiger partial charge in [0.2, 0.25) is 0 Å². The molecule has 168 valence electrons. The van der Waals surface area contributed by atoms with Crippen LogP contribution in [0.1, 0.15) is 40.2 Å². The van der Waals surface area contributed by atoms with Crippen LogP contribution in [0.5, 0.6) is 0 Å². The fraction of sp³-hybridized carbons (Fsp3) is 0.682. The molecule has 0 bridgehead atoms. The fourth-order valence-corrected chi connectivity index (χ4v) is 5.70. The Morgan fingerprint density at radius 3 is 2.57 bits per heavy atom. The summed E-state index contributed by atoms with van der Waals surface area (Å²) in [6, 6.07) is 10.1. The van der Waals surface area contributed by atoms with Gasteiger partial charge < -0.3 is 14.4 Å². The summed E-state index contributed by atoms with van der Waals surface area (Å²) < 4.78 is 28.6. The van der Waals surface area contributed by atoms with E-state index in [2.05, 4.69) is 23.8 Å². The number of hydrogen-bond acceptors (Lipinski definition) is 6. The van der Waals surface area contributed by atoms with Gasteiger partial charge in [-0.05, 0) is 33.3 Å². The van der Waals surface area contributed by atoms with Crippen molar-refractivity contribution in [1.29, 1.82) is 0 Å². The summed E-state index contributed by atoms with van der Waals surface area (Å²) in [4.78, 5) is 6.95. The number of amidine groups is 1. The van der Waals surface area contributed by atoms with Crippen molar-refractivity contribution >= 4 is 27.9 Å². The van der Waals surface area contributed by atoms with Crippen LogP contribution < -0.4 is 4.72 Å². The second-order valence-corrected chi connectivity index (χ2v) is 12.4. The third kappa shape index (κ3) is 5.46. The number of hydrogen-bond donors (Lipinski definition) is 1. The average molecular weight is 454 g/mol. The van der Waals surface area contributed by atoms with Gasteiger partial charge in [0, 0.05) is 26.1 Å². The van der Waals surface area contributed by atoms with Crippen molar-refractivity contribution in [2.45, 2.75) is 75.7 Å². The van der Waals surface area contributed by atoms with Crippen molar-refractivity contribution in [2.75, 3.05) is 14.1 Å². The Morgan fingerprint density at radius 1 is 1.30 bits per heavy atom. The van der Waals surface area contributed by atoms with Gasteiger partial charge in [0.25, 0.3) is 0 Å². The lowest BCUT2D eigenvalue weighted by molar-refractivity contribution is -0.142. The molecule has 0 aliphatic carbocycles. The summed E-state index contributed by atoms with van der Waals surface area (Å²) >= 11 is 1.65. The largest absolute Gasteiger partial charge is 0.371 e. The van der Waals surface area contributed by atoms with Gasteiger partial charge in [0.15, 0.2) is 5.17 Å². The van der Waals surface area contributed by atoms with Crippen LogP contribution in [0.15, 0.2) is 35.3 Å². The van der Waals surface area contributed by atoms with E-state index in [0.29, 0.717) is 6.61 Å². The smallest absolute Gasteiger partial charge is 0.161 e. The van der Waals surface area contributed by atoms with Crippen LogP contribution in [0.3, 0.4) is 0 Å². The van der Waals surface area contributed by atoms with E-state index in [0.717, 1.165) is 10.7 Å². The van der Waals surface area contributed by atoms with Crippen LogP contribution in [0.4, 0.5) is 0 Å². The SMILES string of the molecule is CC(NS(=O)C(C)(C)C)[C@H]1O[C@@H]2SC(N(C)C)=N[C@@H]2[C@@H](OCc2ccccc2)[C@@H]1C. The lowest BCUT2D eigenvalue weighted by atomic mass is 9.87. The van der Waals surface area contributed by atoms with E-state index in [1.54, 1.807) is 11.8 Å². The van der Waals surface area contributed by atoms with E-state index < -0.39 is 11.0 Å². The zero-order chi connectivity index (χ0) is 22.1. The first-order valence-electron chi connectivity index (χ1n) is 10.5. The lowest BCUT2D eigenvalue weighted by Gasteiger charge is -2.44. The quantitative estimate of drug-likeness (QED) is 0.715. The van der Waals surface area contributed by atoms with Crippen LogP contribution in [-0.4, -0.2) is 62.8 Å². The second-order valence-electron chi connectivity index (χ2n) is 9.29. The predicted octanol–water partition coefficient (Wildman–Crippen LogP) is 3.41. The van der Waals surface area contributed by atoms with Crippen LogP contribution in [0.2, 0.25) is 0 Å². The molecule has 2 aliphatic rings. The minimum Gasteiger partial charge on any atom is -0.371 e. The lowest BCUT2D eigenvalue weighted by Crippen LogP contribution is -2.58. The first-order valence-corrected chi connectivity index (χ1v) is 12.5. The van der Waals surface area contributed by atoms with Gasteiger partial charge in [-0.15, -0.1) is 0 Å². The number of benzene rings is 1. The Morgan fingerprint density at radius 2 is 1.97 bits per heavy atom. The molecule has 0 saturated carbocycles. The molecular weight excluding hydrogens is 418 g/mol. The minimum absolute atomic E-state index is 0.0531. The van der Waals surface area contributed by atoms with Crippen molar-refractivity contribution in [3.05, 3.63) is 35.9 Å². The molecule has 3 rings (SSSR count). The molecule has 2 heterocycles. The van der Waals surface area contributed by atoms with Crippen molar-refractivity contribution in [3.63, 3.8) is 0 Å². The maximum absolute atomic E-state index is 12.7. The highest BCUT2D eigenvalue weighted by atomic mass is 32.2. The number of aliphatic imine (C=N–C) groups is 1. The van der Waals surface area contributed by atoms with Crippen LogP contribution >= 0.6 is 11.8 Å². The Balaban J connectivity index is 1.78. The zero-order valence-corrected chi connectivity index (χ0v) is 20.6. The number of fused-ring (bicyclic) bond motifs is 1. The van der Waals surface area contributed by atoms with Crippen molar-refractivity contribution in [3.8, 4) is 0 Å². The molecule has 1 aromatic rings. The second kappa shape index (κ2) is 9.69. The summed E-state index contributed by atoms with van der Waals surface area (Å²) in [5, 5.41) is 0.963. The molecule has 0 radical (unpaired) electrons. The molecule has 1 N–H and O–H groups in total. The van der Waals surface area contributed by atoms with Gasteiger partial charge in [-0.3, -0.25) is 4.99 Å². The van der Waals surface area contributed by atoms with E-state index in [9.17, 15) is 4.21 Å². The molecule has 7 atom stereocenters. The molecule has 30 heavy (non-hydrogen) atoms. The Kier molecular flexibility index (Phi) is 7.66. The monoisotopic (exact) mass is 453 g/mol. The molecular formula is C22H35N3O3S2.